The maximum absolute atomic E-state index is 12.7. The number of amides is 2. The van der Waals surface area contributed by atoms with E-state index in [1.807, 2.05) is 50.2 Å². The Kier molecular flexibility index (Phi) is 8.86. The number of rotatable bonds is 10. The molecule has 0 spiro atoms. The lowest BCUT2D eigenvalue weighted by Gasteiger charge is -2.27. The summed E-state index contributed by atoms with van der Waals surface area (Å²) >= 11 is 0. The number of benzene rings is 2. The van der Waals surface area contributed by atoms with Crippen molar-refractivity contribution in [3.63, 3.8) is 0 Å². The van der Waals surface area contributed by atoms with Gasteiger partial charge in [-0.3, -0.25) is 9.59 Å². The van der Waals surface area contributed by atoms with Crippen LogP contribution in [0.4, 0.5) is 0 Å². The van der Waals surface area contributed by atoms with E-state index in [1.165, 1.54) is 0 Å². The van der Waals surface area contributed by atoms with Crippen molar-refractivity contribution in [3.05, 3.63) is 71.8 Å². The second-order valence-electron chi connectivity index (χ2n) is 6.92. The van der Waals surface area contributed by atoms with Crippen molar-refractivity contribution < 1.29 is 24.3 Å². The first-order valence-electron chi connectivity index (χ1n) is 9.57. The largest absolute Gasteiger partial charge is 0.635 e. The third-order valence-electron chi connectivity index (χ3n) is 4.36. The Morgan fingerprint density at radius 1 is 1.03 bits per heavy atom. The van der Waals surface area contributed by atoms with Gasteiger partial charge < -0.3 is 24.9 Å². The van der Waals surface area contributed by atoms with Crippen LogP contribution in [0.15, 0.2) is 60.7 Å². The highest BCUT2D eigenvalue weighted by atomic mass is 16.6. The van der Waals surface area contributed by atoms with Gasteiger partial charge in [-0.05, 0) is 31.5 Å². The normalized spacial score (nSPS) is 11.8. The molecule has 2 aromatic carbocycles. The van der Waals surface area contributed by atoms with Gasteiger partial charge >= 0.3 is 7.32 Å². The van der Waals surface area contributed by atoms with Crippen molar-refractivity contribution in [3.8, 4) is 0 Å². The predicted molar refractivity (Wildman–Crippen MR) is 111 cm³/mol. The zero-order valence-electron chi connectivity index (χ0n) is 16.7. The van der Waals surface area contributed by atoms with E-state index in [4.69, 9.17) is 14.7 Å². The molecule has 7 nitrogen and oxygen atoms in total. The third kappa shape index (κ3) is 7.69. The van der Waals surface area contributed by atoms with E-state index in [0.29, 0.717) is 5.56 Å². The Labute approximate surface area is 171 Å². The zero-order chi connectivity index (χ0) is 21.2. The zero-order valence-corrected chi connectivity index (χ0v) is 16.7. The summed E-state index contributed by atoms with van der Waals surface area (Å²) in [6.45, 7) is 4.02. The molecule has 0 fully saturated rings. The molecule has 8 heteroatoms. The van der Waals surface area contributed by atoms with Gasteiger partial charge in [-0.1, -0.05) is 48.5 Å². The van der Waals surface area contributed by atoms with Crippen molar-refractivity contribution in [2.24, 2.45) is 0 Å². The van der Waals surface area contributed by atoms with Crippen LogP contribution in [0.1, 0.15) is 36.2 Å². The summed E-state index contributed by atoms with van der Waals surface area (Å²) in [6, 6.07) is 18.1. The highest BCUT2D eigenvalue weighted by Gasteiger charge is 2.23. The van der Waals surface area contributed by atoms with Gasteiger partial charge in [0.2, 0.25) is 5.91 Å². The molecule has 0 radical (unpaired) electrons. The minimum atomic E-state index is -2.00. The molecule has 2 rings (SSSR count). The van der Waals surface area contributed by atoms with Crippen molar-refractivity contribution in [2.45, 2.75) is 39.0 Å². The Morgan fingerprint density at radius 3 is 2.17 bits per heavy atom. The summed E-state index contributed by atoms with van der Waals surface area (Å²) < 4.78 is 4.99. The van der Waals surface area contributed by atoms with Crippen LogP contribution >= 0.6 is 0 Å². The fraction of sp³-hybridized carbons (Fsp3) is 0.333. The standard InChI is InChI=1S/C21H27BN2O5/c1-16(2)24(21(26)18-11-7-4-8-12-18)14-13-19(25)23-20(29-22(27)28)15-17-9-5-3-6-10-17/h3-12,16,20,27-28H,13-15H2,1-2H3,(H,23,25)/t20-/m1/s1. The summed E-state index contributed by atoms with van der Waals surface area (Å²) in [4.78, 5) is 26.8. The predicted octanol–water partition coefficient (Wildman–Crippen LogP) is 1.60. The number of nitrogens with one attached hydrogen (secondary N) is 1. The fourth-order valence-electron chi connectivity index (χ4n) is 2.92. The van der Waals surface area contributed by atoms with Crippen LogP contribution in [0.2, 0.25) is 0 Å². The molecule has 0 aromatic heterocycles. The van der Waals surface area contributed by atoms with Gasteiger partial charge in [0, 0.05) is 31.0 Å². The average molecular weight is 398 g/mol. The van der Waals surface area contributed by atoms with Gasteiger partial charge in [0.25, 0.3) is 5.91 Å². The molecule has 2 amide bonds. The van der Waals surface area contributed by atoms with Gasteiger partial charge in [-0.2, -0.15) is 0 Å². The lowest BCUT2D eigenvalue weighted by atomic mass is 10.1. The van der Waals surface area contributed by atoms with E-state index < -0.39 is 13.5 Å². The Morgan fingerprint density at radius 2 is 1.62 bits per heavy atom. The quantitative estimate of drug-likeness (QED) is 0.417. The van der Waals surface area contributed by atoms with E-state index in [-0.39, 0.29) is 37.2 Å². The van der Waals surface area contributed by atoms with E-state index in [9.17, 15) is 9.59 Å². The molecule has 1 atom stereocenters. The van der Waals surface area contributed by atoms with Gasteiger partial charge in [0.15, 0.2) is 0 Å². The molecule has 2 aromatic rings. The summed E-state index contributed by atoms with van der Waals surface area (Å²) in [6.07, 6.45) is -0.559. The molecule has 29 heavy (non-hydrogen) atoms. The molecule has 0 unspecified atom stereocenters. The second kappa shape index (κ2) is 11.4. The third-order valence-corrected chi connectivity index (χ3v) is 4.36. The number of carbonyl (C=O) groups is 2. The molecule has 0 aliphatic heterocycles. The lowest BCUT2D eigenvalue weighted by molar-refractivity contribution is -0.124. The lowest BCUT2D eigenvalue weighted by Crippen LogP contribution is -2.44. The summed E-state index contributed by atoms with van der Waals surface area (Å²) in [5.41, 5.74) is 1.44. The Balaban J connectivity index is 1.96. The minimum Gasteiger partial charge on any atom is -0.402 e. The van der Waals surface area contributed by atoms with Crippen LogP contribution < -0.4 is 5.32 Å². The SMILES string of the molecule is CC(C)N(CCC(=O)N[C@@H](Cc1ccccc1)OB(O)O)C(=O)c1ccccc1. The smallest absolute Gasteiger partial charge is 0.402 e. The first-order valence-corrected chi connectivity index (χ1v) is 9.57. The topological polar surface area (TPSA) is 99.1 Å². The molecular formula is C21H27BN2O5. The van der Waals surface area contributed by atoms with Crippen LogP contribution in [0, 0.1) is 0 Å². The molecule has 154 valence electrons. The molecule has 0 saturated heterocycles. The van der Waals surface area contributed by atoms with Gasteiger partial charge in [0.05, 0.1) is 0 Å². The molecule has 3 N–H and O–H groups in total. The van der Waals surface area contributed by atoms with Gasteiger partial charge in [-0.15, -0.1) is 0 Å². The summed E-state index contributed by atoms with van der Waals surface area (Å²) in [5, 5.41) is 20.9. The van der Waals surface area contributed by atoms with Crippen LogP contribution in [-0.2, 0) is 15.9 Å². The van der Waals surface area contributed by atoms with E-state index in [0.717, 1.165) is 5.56 Å². The number of hydrogen-bond donors (Lipinski definition) is 3. The van der Waals surface area contributed by atoms with Crippen LogP contribution in [0.5, 0.6) is 0 Å². The summed E-state index contributed by atoms with van der Waals surface area (Å²) in [7, 11) is -2.00. The molecule has 0 aliphatic rings. The summed E-state index contributed by atoms with van der Waals surface area (Å²) in [5.74, 6) is -0.491. The first kappa shape index (κ1) is 22.6. The van der Waals surface area contributed by atoms with E-state index in [2.05, 4.69) is 5.32 Å². The number of carbonyl (C=O) groups excluding carboxylic acids is 2. The van der Waals surface area contributed by atoms with Crippen LogP contribution in [0.25, 0.3) is 0 Å². The number of hydrogen-bond acceptors (Lipinski definition) is 5. The monoisotopic (exact) mass is 398 g/mol. The molecular weight excluding hydrogens is 371 g/mol. The van der Waals surface area contributed by atoms with Crippen molar-refractivity contribution in [2.75, 3.05) is 6.54 Å². The van der Waals surface area contributed by atoms with Gasteiger partial charge in [0.1, 0.15) is 6.23 Å². The molecule has 0 aliphatic carbocycles. The van der Waals surface area contributed by atoms with Gasteiger partial charge in [-0.25, -0.2) is 0 Å². The maximum atomic E-state index is 12.7. The highest BCUT2D eigenvalue weighted by Crippen LogP contribution is 2.10. The molecule has 0 bridgehead atoms. The van der Waals surface area contributed by atoms with Crippen LogP contribution in [-0.4, -0.2) is 52.9 Å². The fourth-order valence-corrected chi connectivity index (χ4v) is 2.92. The van der Waals surface area contributed by atoms with E-state index in [1.54, 1.807) is 29.2 Å². The Hall–Kier alpha value is -2.68. The first-order chi connectivity index (χ1) is 13.9. The molecule has 0 saturated carbocycles. The Bertz CT molecular complexity index is 771. The van der Waals surface area contributed by atoms with Crippen molar-refractivity contribution in [1.29, 1.82) is 0 Å². The second-order valence-corrected chi connectivity index (χ2v) is 6.92. The van der Waals surface area contributed by atoms with E-state index >= 15 is 0 Å². The molecule has 0 heterocycles. The maximum Gasteiger partial charge on any atom is 0.635 e. The van der Waals surface area contributed by atoms with Crippen molar-refractivity contribution >= 4 is 19.1 Å². The number of nitrogens with zero attached hydrogens (tertiary/aromatic N) is 1. The highest BCUT2D eigenvalue weighted by molar-refractivity contribution is 6.32. The minimum absolute atomic E-state index is 0.0624. The average Bonchev–Trinajstić information content (AvgIpc) is 2.68. The van der Waals surface area contributed by atoms with Crippen molar-refractivity contribution in [1.82, 2.24) is 10.2 Å². The van der Waals surface area contributed by atoms with Crippen LogP contribution in [0.3, 0.4) is 0 Å².